The Kier molecular flexibility index (Phi) is 3.17. The van der Waals surface area contributed by atoms with Gasteiger partial charge in [0.1, 0.15) is 5.82 Å². The third-order valence-corrected chi connectivity index (χ3v) is 1.84. The van der Waals surface area contributed by atoms with Crippen molar-refractivity contribution in [3.05, 3.63) is 23.8 Å². The summed E-state index contributed by atoms with van der Waals surface area (Å²) in [5, 5.41) is 0. The molecule has 76 valence electrons. The Labute approximate surface area is 84.0 Å². The summed E-state index contributed by atoms with van der Waals surface area (Å²) in [5.74, 6) is 0.985. The standard InChI is InChI=1S/C10H15N3O/c1-7(2)9-11-5-8(6-12-9)10(14)13(3)4/h5-7H,1-4H3. The van der Waals surface area contributed by atoms with E-state index >= 15 is 0 Å². The SMILES string of the molecule is CC(C)c1ncc(C(=O)N(C)C)cn1. The second-order valence-corrected chi connectivity index (χ2v) is 3.68. The van der Waals surface area contributed by atoms with E-state index in [1.54, 1.807) is 26.5 Å². The number of carbonyl (C=O) groups excluding carboxylic acids is 1. The molecule has 14 heavy (non-hydrogen) atoms. The molecule has 1 aromatic heterocycles. The largest absolute Gasteiger partial charge is 0.345 e. The molecule has 0 spiro atoms. The van der Waals surface area contributed by atoms with Crippen LogP contribution in [0.25, 0.3) is 0 Å². The molecule has 4 nitrogen and oxygen atoms in total. The number of amides is 1. The fourth-order valence-corrected chi connectivity index (χ4v) is 1.00. The highest BCUT2D eigenvalue weighted by molar-refractivity contribution is 5.93. The van der Waals surface area contributed by atoms with Gasteiger partial charge in [0.25, 0.3) is 5.91 Å². The lowest BCUT2D eigenvalue weighted by molar-refractivity contribution is 0.0826. The van der Waals surface area contributed by atoms with Crippen LogP contribution in [0.2, 0.25) is 0 Å². The van der Waals surface area contributed by atoms with Gasteiger partial charge >= 0.3 is 0 Å². The number of nitrogens with zero attached hydrogens (tertiary/aromatic N) is 3. The van der Waals surface area contributed by atoms with Crippen LogP contribution < -0.4 is 0 Å². The van der Waals surface area contributed by atoms with Crippen LogP contribution in [-0.2, 0) is 0 Å². The van der Waals surface area contributed by atoms with Crippen LogP contribution in [0.1, 0.15) is 35.9 Å². The summed E-state index contributed by atoms with van der Waals surface area (Å²) in [4.78, 5) is 21.2. The lowest BCUT2D eigenvalue weighted by atomic mass is 10.2. The average Bonchev–Trinajstić information content (AvgIpc) is 2.16. The highest BCUT2D eigenvalue weighted by atomic mass is 16.2. The highest BCUT2D eigenvalue weighted by Gasteiger charge is 2.09. The summed E-state index contributed by atoms with van der Waals surface area (Å²) in [6.45, 7) is 4.03. The third kappa shape index (κ3) is 2.28. The van der Waals surface area contributed by atoms with Gasteiger partial charge in [0.05, 0.1) is 5.56 Å². The predicted molar refractivity (Wildman–Crippen MR) is 54.1 cm³/mol. The average molecular weight is 193 g/mol. The molecule has 0 N–H and O–H groups in total. The van der Waals surface area contributed by atoms with E-state index in [9.17, 15) is 4.79 Å². The van der Waals surface area contributed by atoms with E-state index in [0.29, 0.717) is 11.5 Å². The van der Waals surface area contributed by atoms with Crippen molar-refractivity contribution in [2.24, 2.45) is 0 Å². The van der Waals surface area contributed by atoms with Crippen LogP contribution in [0.3, 0.4) is 0 Å². The maximum atomic E-state index is 11.5. The molecular weight excluding hydrogens is 178 g/mol. The van der Waals surface area contributed by atoms with Gasteiger partial charge < -0.3 is 4.90 Å². The fourth-order valence-electron chi connectivity index (χ4n) is 1.00. The van der Waals surface area contributed by atoms with Crippen molar-refractivity contribution < 1.29 is 4.79 Å². The monoisotopic (exact) mass is 193 g/mol. The first kappa shape index (κ1) is 10.6. The van der Waals surface area contributed by atoms with Gasteiger partial charge in [-0.05, 0) is 0 Å². The summed E-state index contributed by atoms with van der Waals surface area (Å²) < 4.78 is 0. The van der Waals surface area contributed by atoms with E-state index in [0.717, 1.165) is 5.82 Å². The van der Waals surface area contributed by atoms with Gasteiger partial charge in [-0.25, -0.2) is 9.97 Å². The van der Waals surface area contributed by atoms with Gasteiger partial charge in [0.15, 0.2) is 0 Å². The smallest absolute Gasteiger partial charge is 0.256 e. The van der Waals surface area contributed by atoms with E-state index in [-0.39, 0.29) is 5.91 Å². The van der Waals surface area contributed by atoms with Crippen molar-refractivity contribution in [2.45, 2.75) is 19.8 Å². The van der Waals surface area contributed by atoms with Gasteiger partial charge in [-0.3, -0.25) is 4.79 Å². The second kappa shape index (κ2) is 4.17. The van der Waals surface area contributed by atoms with Crippen molar-refractivity contribution in [3.63, 3.8) is 0 Å². The molecule has 0 atom stereocenters. The van der Waals surface area contributed by atoms with Crippen LogP contribution in [0.15, 0.2) is 12.4 Å². The van der Waals surface area contributed by atoms with E-state index in [1.165, 1.54) is 4.90 Å². The third-order valence-electron chi connectivity index (χ3n) is 1.84. The summed E-state index contributed by atoms with van der Waals surface area (Å²) in [7, 11) is 3.41. The van der Waals surface area contributed by atoms with E-state index in [4.69, 9.17) is 0 Å². The summed E-state index contributed by atoms with van der Waals surface area (Å²) in [6.07, 6.45) is 3.15. The molecule has 0 saturated carbocycles. The van der Waals surface area contributed by atoms with Crippen LogP contribution in [-0.4, -0.2) is 34.9 Å². The fraction of sp³-hybridized carbons (Fsp3) is 0.500. The molecule has 0 aliphatic heterocycles. The van der Waals surface area contributed by atoms with Crippen LogP contribution in [0.4, 0.5) is 0 Å². The molecule has 1 aromatic rings. The number of rotatable bonds is 2. The molecule has 0 unspecified atom stereocenters. The zero-order valence-corrected chi connectivity index (χ0v) is 8.98. The van der Waals surface area contributed by atoms with E-state index in [1.807, 2.05) is 13.8 Å². The predicted octanol–water partition coefficient (Wildman–Crippen LogP) is 1.30. The minimum absolute atomic E-state index is 0.0692. The molecule has 0 bridgehead atoms. The minimum Gasteiger partial charge on any atom is -0.345 e. The number of aromatic nitrogens is 2. The topological polar surface area (TPSA) is 46.1 Å². The van der Waals surface area contributed by atoms with E-state index < -0.39 is 0 Å². The normalized spacial score (nSPS) is 10.4. The minimum atomic E-state index is -0.0692. The van der Waals surface area contributed by atoms with Gasteiger partial charge in [0.2, 0.25) is 0 Å². The first-order chi connectivity index (χ1) is 6.52. The maximum Gasteiger partial charge on any atom is 0.256 e. The molecule has 0 aliphatic carbocycles. The number of carbonyl (C=O) groups is 1. The molecule has 0 aliphatic rings. The first-order valence-corrected chi connectivity index (χ1v) is 4.56. The quantitative estimate of drug-likeness (QED) is 0.711. The summed E-state index contributed by atoms with van der Waals surface area (Å²) >= 11 is 0. The Morgan fingerprint density at radius 2 is 1.79 bits per heavy atom. The lowest BCUT2D eigenvalue weighted by Crippen LogP contribution is -2.22. The van der Waals surface area contributed by atoms with Gasteiger partial charge in [-0.2, -0.15) is 0 Å². The Hall–Kier alpha value is -1.45. The Balaban J connectivity index is 2.89. The van der Waals surface area contributed by atoms with Crippen molar-refractivity contribution in [2.75, 3.05) is 14.1 Å². The zero-order chi connectivity index (χ0) is 10.7. The van der Waals surface area contributed by atoms with Crippen LogP contribution in [0.5, 0.6) is 0 Å². The lowest BCUT2D eigenvalue weighted by Gasteiger charge is -2.10. The van der Waals surface area contributed by atoms with Crippen LogP contribution >= 0.6 is 0 Å². The van der Waals surface area contributed by atoms with Gasteiger partial charge in [-0.15, -0.1) is 0 Å². The molecule has 4 heteroatoms. The number of hydrogen-bond acceptors (Lipinski definition) is 3. The van der Waals surface area contributed by atoms with E-state index in [2.05, 4.69) is 9.97 Å². The van der Waals surface area contributed by atoms with Crippen molar-refractivity contribution in [3.8, 4) is 0 Å². The molecule has 1 heterocycles. The molecule has 0 radical (unpaired) electrons. The van der Waals surface area contributed by atoms with Crippen LogP contribution in [0, 0.1) is 0 Å². The summed E-state index contributed by atoms with van der Waals surface area (Å²) in [6, 6.07) is 0. The van der Waals surface area contributed by atoms with Crippen molar-refractivity contribution >= 4 is 5.91 Å². The molecule has 1 rings (SSSR count). The Morgan fingerprint density at radius 1 is 1.29 bits per heavy atom. The van der Waals surface area contributed by atoms with Gasteiger partial charge in [0, 0.05) is 32.4 Å². The molecule has 0 saturated heterocycles. The molecule has 0 fully saturated rings. The van der Waals surface area contributed by atoms with Crippen molar-refractivity contribution in [1.82, 2.24) is 14.9 Å². The summed E-state index contributed by atoms with van der Waals surface area (Å²) in [5.41, 5.74) is 0.527. The van der Waals surface area contributed by atoms with Crippen molar-refractivity contribution in [1.29, 1.82) is 0 Å². The number of hydrogen-bond donors (Lipinski definition) is 0. The maximum absolute atomic E-state index is 11.5. The second-order valence-electron chi connectivity index (χ2n) is 3.68. The first-order valence-electron chi connectivity index (χ1n) is 4.56. The molecular formula is C10H15N3O. The Morgan fingerprint density at radius 3 is 2.14 bits per heavy atom. The Bertz CT molecular complexity index is 317. The van der Waals surface area contributed by atoms with Gasteiger partial charge in [-0.1, -0.05) is 13.8 Å². The molecule has 0 aromatic carbocycles. The highest BCUT2D eigenvalue weighted by Crippen LogP contribution is 2.08. The molecule has 1 amide bonds. The zero-order valence-electron chi connectivity index (χ0n) is 8.98.